The maximum atomic E-state index is 13.3. The highest BCUT2D eigenvalue weighted by molar-refractivity contribution is 6.22. The van der Waals surface area contributed by atoms with E-state index in [0.717, 1.165) is 23.1 Å². The molecular formula is C16H12F2N4O3. The fourth-order valence-electron chi connectivity index (χ4n) is 2.37. The molecule has 0 bridgehead atoms. The zero-order valence-corrected chi connectivity index (χ0v) is 12.7. The SMILES string of the molecule is O=C(NN[C@@H]1CC(=O)N(c2ccc(F)c(F)c2)C1=O)c1ccncc1. The van der Waals surface area contributed by atoms with Gasteiger partial charge in [-0.25, -0.2) is 19.1 Å². The number of anilines is 1. The molecule has 1 fully saturated rings. The van der Waals surface area contributed by atoms with Crippen LogP contribution in [0.2, 0.25) is 0 Å². The van der Waals surface area contributed by atoms with Crippen molar-refractivity contribution >= 4 is 23.4 Å². The molecule has 2 heterocycles. The average Bonchev–Trinajstić information content (AvgIpc) is 2.90. The lowest BCUT2D eigenvalue weighted by Gasteiger charge is -2.16. The van der Waals surface area contributed by atoms with Crippen LogP contribution in [0.15, 0.2) is 42.7 Å². The number of pyridine rings is 1. The summed E-state index contributed by atoms with van der Waals surface area (Å²) in [6, 6.07) is 4.68. The molecule has 9 heteroatoms. The van der Waals surface area contributed by atoms with Gasteiger partial charge in [0.1, 0.15) is 6.04 Å². The number of hydrogen-bond acceptors (Lipinski definition) is 5. The Bertz CT molecular complexity index is 845. The Morgan fingerprint density at radius 2 is 1.84 bits per heavy atom. The minimum absolute atomic E-state index is 0.0707. The van der Waals surface area contributed by atoms with E-state index in [1.807, 2.05) is 0 Å². The Kier molecular flexibility index (Phi) is 4.48. The van der Waals surface area contributed by atoms with Gasteiger partial charge in [0, 0.05) is 24.0 Å². The van der Waals surface area contributed by atoms with Gasteiger partial charge in [0.2, 0.25) is 5.91 Å². The number of aromatic nitrogens is 1. The van der Waals surface area contributed by atoms with Crippen molar-refractivity contribution in [2.45, 2.75) is 12.5 Å². The number of hydrazine groups is 1. The third kappa shape index (κ3) is 3.36. The highest BCUT2D eigenvalue weighted by Crippen LogP contribution is 2.24. The monoisotopic (exact) mass is 346 g/mol. The van der Waals surface area contributed by atoms with Crippen molar-refractivity contribution in [3.63, 3.8) is 0 Å². The molecule has 1 aromatic carbocycles. The summed E-state index contributed by atoms with van der Waals surface area (Å²) in [7, 11) is 0. The number of halogens is 2. The zero-order chi connectivity index (χ0) is 18.0. The van der Waals surface area contributed by atoms with Crippen LogP contribution < -0.4 is 15.8 Å². The molecule has 0 aliphatic carbocycles. The summed E-state index contributed by atoms with van der Waals surface area (Å²) in [6.07, 6.45) is 2.64. The molecule has 1 aliphatic heterocycles. The second-order valence-electron chi connectivity index (χ2n) is 5.26. The minimum atomic E-state index is -1.17. The molecule has 0 saturated carbocycles. The summed E-state index contributed by atoms with van der Waals surface area (Å²) in [5, 5.41) is 0. The van der Waals surface area contributed by atoms with Gasteiger partial charge in [0.25, 0.3) is 11.8 Å². The molecule has 1 aliphatic rings. The molecule has 3 amide bonds. The van der Waals surface area contributed by atoms with Gasteiger partial charge in [-0.05, 0) is 24.3 Å². The molecule has 0 radical (unpaired) electrons. The van der Waals surface area contributed by atoms with E-state index < -0.39 is 35.4 Å². The standard InChI is InChI=1S/C16H12F2N4O3/c17-11-2-1-10(7-12(11)18)22-14(23)8-13(16(22)25)20-21-15(24)9-3-5-19-6-4-9/h1-7,13,20H,8H2,(H,21,24)/t13-/m1/s1. The number of nitrogens with one attached hydrogen (secondary N) is 2. The van der Waals surface area contributed by atoms with Gasteiger partial charge >= 0.3 is 0 Å². The quantitative estimate of drug-likeness (QED) is 0.635. The first-order chi connectivity index (χ1) is 12.0. The smallest absolute Gasteiger partial charge is 0.265 e. The molecule has 0 unspecified atom stereocenters. The van der Waals surface area contributed by atoms with Gasteiger partial charge in [-0.3, -0.25) is 24.8 Å². The van der Waals surface area contributed by atoms with Gasteiger partial charge in [-0.2, -0.15) is 0 Å². The average molecular weight is 346 g/mol. The molecule has 2 aromatic rings. The van der Waals surface area contributed by atoms with Crippen LogP contribution in [0.3, 0.4) is 0 Å². The van der Waals surface area contributed by atoms with E-state index in [0.29, 0.717) is 5.56 Å². The number of rotatable bonds is 4. The van der Waals surface area contributed by atoms with Crippen molar-refractivity contribution in [2.75, 3.05) is 4.90 Å². The zero-order valence-electron chi connectivity index (χ0n) is 12.7. The molecule has 1 saturated heterocycles. The lowest BCUT2D eigenvalue weighted by molar-refractivity contribution is -0.121. The van der Waals surface area contributed by atoms with Gasteiger partial charge in [0.15, 0.2) is 11.6 Å². The summed E-state index contributed by atoms with van der Waals surface area (Å²) in [4.78, 5) is 40.8. The van der Waals surface area contributed by atoms with Crippen molar-refractivity contribution in [2.24, 2.45) is 0 Å². The number of imide groups is 1. The van der Waals surface area contributed by atoms with E-state index in [4.69, 9.17) is 0 Å². The Morgan fingerprint density at radius 1 is 1.12 bits per heavy atom. The number of benzene rings is 1. The molecular weight excluding hydrogens is 334 g/mol. The van der Waals surface area contributed by atoms with E-state index in [2.05, 4.69) is 15.8 Å². The van der Waals surface area contributed by atoms with Crippen molar-refractivity contribution in [1.82, 2.24) is 15.8 Å². The van der Waals surface area contributed by atoms with E-state index in [9.17, 15) is 23.2 Å². The second-order valence-corrected chi connectivity index (χ2v) is 5.26. The maximum absolute atomic E-state index is 13.3. The van der Waals surface area contributed by atoms with E-state index in [1.54, 1.807) is 0 Å². The predicted octanol–water partition coefficient (Wildman–Crippen LogP) is 0.926. The number of amides is 3. The minimum Gasteiger partial charge on any atom is -0.287 e. The topological polar surface area (TPSA) is 91.4 Å². The van der Waals surface area contributed by atoms with Crippen LogP contribution in [0.25, 0.3) is 0 Å². The van der Waals surface area contributed by atoms with Crippen LogP contribution in [0.4, 0.5) is 14.5 Å². The first kappa shape index (κ1) is 16.7. The van der Waals surface area contributed by atoms with Gasteiger partial charge in [-0.1, -0.05) is 0 Å². The largest absolute Gasteiger partial charge is 0.287 e. The summed E-state index contributed by atoms with van der Waals surface area (Å²) >= 11 is 0. The first-order valence-electron chi connectivity index (χ1n) is 7.25. The van der Waals surface area contributed by atoms with Gasteiger partial charge in [-0.15, -0.1) is 0 Å². The van der Waals surface area contributed by atoms with Crippen molar-refractivity contribution in [1.29, 1.82) is 0 Å². The predicted molar refractivity (Wildman–Crippen MR) is 82.1 cm³/mol. The molecule has 128 valence electrons. The third-order valence-corrected chi connectivity index (χ3v) is 3.61. The van der Waals surface area contributed by atoms with Crippen LogP contribution >= 0.6 is 0 Å². The van der Waals surface area contributed by atoms with Crippen LogP contribution in [0.5, 0.6) is 0 Å². The number of carbonyl (C=O) groups excluding carboxylic acids is 3. The summed E-state index contributed by atoms with van der Waals surface area (Å²) in [5.41, 5.74) is 5.07. The first-order valence-corrected chi connectivity index (χ1v) is 7.25. The van der Waals surface area contributed by atoms with Crippen LogP contribution in [0.1, 0.15) is 16.8 Å². The number of nitrogens with zero attached hydrogens (tertiary/aromatic N) is 2. The summed E-state index contributed by atoms with van der Waals surface area (Å²) in [5.74, 6) is -4.02. The number of hydrogen-bond donors (Lipinski definition) is 2. The normalized spacial score (nSPS) is 17.0. The molecule has 3 rings (SSSR count). The Balaban J connectivity index is 1.69. The van der Waals surface area contributed by atoms with Gasteiger partial charge < -0.3 is 0 Å². The molecule has 2 N–H and O–H groups in total. The van der Waals surface area contributed by atoms with E-state index >= 15 is 0 Å². The Hall–Kier alpha value is -3.20. The summed E-state index contributed by atoms with van der Waals surface area (Å²) < 4.78 is 26.3. The molecule has 25 heavy (non-hydrogen) atoms. The van der Waals surface area contributed by atoms with Crippen molar-refractivity contribution < 1.29 is 23.2 Å². The molecule has 1 aromatic heterocycles. The van der Waals surface area contributed by atoms with Crippen molar-refractivity contribution in [3.05, 3.63) is 59.9 Å². The summed E-state index contributed by atoms with van der Waals surface area (Å²) in [6.45, 7) is 0. The number of carbonyl (C=O) groups is 3. The lowest BCUT2D eigenvalue weighted by atomic mass is 10.2. The fraction of sp³-hybridized carbons (Fsp3) is 0.125. The van der Waals surface area contributed by atoms with E-state index in [-0.39, 0.29) is 12.1 Å². The lowest BCUT2D eigenvalue weighted by Crippen LogP contribution is -2.48. The van der Waals surface area contributed by atoms with Crippen LogP contribution in [-0.4, -0.2) is 28.7 Å². The molecule has 0 spiro atoms. The van der Waals surface area contributed by atoms with Crippen molar-refractivity contribution in [3.8, 4) is 0 Å². The highest BCUT2D eigenvalue weighted by atomic mass is 19.2. The second kappa shape index (κ2) is 6.73. The van der Waals surface area contributed by atoms with E-state index in [1.165, 1.54) is 24.5 Å². The molecule has 7 nitrogen and oxygen atoms in total. The maximum Gasteiger partial charge on any atom is 0.265 e. The highest BCUT2D eigenvalue weighted by Gasteiger charge is 2.40. The van der Waals surface area contributed by atoms with Gasteiger partial charge in [0.05, 0.1) is 12.1 Å². The third-order valence-electron chi connectivity index (χ3n) is 3.61. The van der Waals surface area contributed by atoms with Crippen LogP contribution in [-0.2, 0) is 9.59 Å². The Morgan fingerprint density at radius 3 is 2.52 bits per heavy atom. The Labute approximate surface area is 140 Å². The fourth-order valence-corrected chi connectivity index (χ4v) is 2.37. The molecule has 1 atom stereocenters. The van der Waals surface area contributed by atoms with Crippen LogP contribution in [0, 0.1) is 11.6 Å².